The Morgan fingerprint density at radius 1 is 1.38 bits per heavy atom. The van der Waals surface area contributed by atoms with Crippen LogP contribution in [0.15, 0.2) is 12.3 Å². The van der Waals surface area contributed by atoms with Crippen LogP contribution < -0.4 is 0 Å². The van der Waals surface area contributed by atoms with E-state index in [1.54, 1.807) is 0 Å². The monoisotopic (exact) mass is 262 g/mol. The molecule has 0 aliphatic carbocycles. The molecule has 0 fully saturated rings. The van der Waals surface area contributed by atoms with E-state index in [4.69, 9.17) is 0 Å². The number of halogens is 5. The Morgan fingerprint density at radius 2 is 1.94 bits per heavy atom. The van der Waals surface area contributed by atoms with Crippen molar-refractivity contribution in [3.05, 3.63) is 12.3 Å². The maximum Gasteiger partial charge on any atom is 0.391 e. The summed E-state index contributed by atoms with van der Waals surface area (Å²) in [4.78, 5) is 10.7. The van der Waals surface area contributed by atoms with Gasteiger partial charge in [0.2, 0.25) is 5.78 Å². The average Bonchev–Trinajstić information content (AvgIpc) is 2.15. The zero-order valence-corrected chi connectivity index (χ0v) is 9.24. The number of unbranched alkanes of at least 4 members (excludes halogenated alkanes) is 1. The molecule has 16 heavy (non-hydrogen) atoms. The highest BCUT2D eigenvalue weighted by Gasteiger charge is 2.59. The minimum absolute atomic E-state index is 0.225. The molecule has 0 radical (unpaired) electrons. The Hall–Kier alpha value is -0.780. The van der Waals surface area contributed by atoms with E-state index < -0.39 is 17.1 Å². The molecule has 7 heteroatoms. The topological polar surface area (TPSA) is 26.3 Å². The highest BCUT2D eigenvalue weighted by Crippen LogP contribution is 2.38. The van der Waals surface area contributed by atoms with Crippen molar-refractivity contribution in [3.63, 3.8) is 0 Å². The Bertz CT molecular complexity index is 261. The van der Waals surface area contributed by atoms with E-state index in [-0.39, 0.29) is 12.7 Å². The van der Waals surface area contributed by atoms with Crippen LogP contribution in [0.2, 0.25) is 0 Å². The molecule has 0 aliphatic rings. The van der Waals surface area contributed by atoms with E-state index in [0.29, 0.717) is 12.7 Å². The third-order valence-electron chi connectivity index (χ3n) is 1.60. The van der Waals surface area contributed by atoms with Crippen LogP contribution in [0, 0.1) is 0 Å². The molecule has 0 rings (SSSR count). The van der Waals surface area contributed by atoms with Gasteiger partial charge in [0.05, 0.1) is 12.9 Å². The van der Waals surface area contributed by atoms with Gasteiger partial charge in [0.25, 0.3) is 0 Å². The minimum atomic E-state index is -4.93. The molecule has 0 saturated carbocycles. The Morgan fingerprint density at radius 3 is 2.38 bits per heavy atom. The maximum absolute atomic E-state index is 12.6. The number of hydrogen-bond acceptors (Lipinski definition) is 2. The summed E-state index contributed by atoms with van der Waals surface area (Å²) in [5.74, 6) is -7.02. The molecule has 0 aromatic carbocycles. The van der Waals surface area contributed by atoms with Crippen LogP contribution in [0.1, 0.15) is 19.8 Å². The fourth-order valence-corrected chi connectivity index (χ4v) is 0.743. The summed E-state index contributed by atoms with van der Waals surface area (Å²) in [6.07, 6.45) is 2.39. The smallest absolute Gasteiger partial charge is 0.391 e. The molecule has 94 valence electrons. The molecular formula is C9H11ClF4O2. The number of alkyl halides is 5. The molecule has 0 aromatic heterocycles. The van der Waals surface area contributed by atoms with E-state index in [2.05, 4.69) is 16.3 Å². The lowest BCUT2D eigenvalue weighted by molar-refractivity contribution is -0.173. The van der Waals surface area contributed by atoms with Gasteiger partial charge >= 0.3 is 11.3 Å². The number of hydrogen-bond donors (Lipinski definition) is 0. The summed E-state index contributed by atoms with van der Waals surface area (Å²) in [5.41, 5.74) is 0. The van der Waals surface area contributed by atoms with E-state index in [1.165, 1.54) is 0 Å². The van der Waals surface area contributed by atoms with Gasteiger partial charge < -0.3 is 4.74 Å². The fraction of sp³-hybridized carbons (Fsp3) is 0.667. The average molecular weight is 263 g/mol. The first-order valence-electron chi connectivity index (χ1n) is 4.50. The largest absolute Gasteiger partial charge is 0.501 e. The molecule has 0 bridgehead atoms. The summed E-state index contributed by atoms with van der Waals surface area (Å²) in [7, 11) is 0. The second-order valence-corrected chi connectivity index (χ2v) is 3.44. The quantitative estimate of drug-likeness (QED) is 0.231. The molecule has 0 aromatic rings. The van der Waals surface area contributed by atoms with Crippen LogP contribution in [-0.4, -0.2) is 23.7 Å². The van der Waals surface area contributed by atoms with E-state index in [1.807, 2.05) is 6.92 Å². The molecular weight excluding hydrogens is 252 g/mol. The zero-order valence-electron chi connectivity index (χ0n) is 8.48. The number of carbonyl (C=O) groups is 1. The van der Waals surface area contributed by atoms with Gasteiger partial charge in [-0.1, -0.05) is 13.3 Å². The summed E-state index contributed by atoms with van der Waals surface area (Å²) >= 11 is 4.10. The first-order chi connectivity index (χ1) is 7.23. The van der Waals surface area contributed by atoms with Crippen molar-refractivity contribution in [1.29, 1.82) is 0 Å². The third-order valence-corrected chi connectivity index (χ3v) is 1.83. The van der Waals surface area contributed by atoms with Crippen molar-refractivity contribution in [2.24, 2.45) is 0 Å². The molecule has 0 spiro atoms. The van der Waals surface area contributed by atoms with Crippen molar-refractivity contribution in [2.75, 3.05) is 6.61 Å². The van der Waals surface area contributed by atoms with Gasteiger partial charge in [0.15, 0.2) is 0 Å². The summed E-state index contributed by atoms with van der Waals surface area (Å²) in [5, 5.41) is -4.90. The summed E-state index contributed by atoms with van der Waals surface area (Å²) in [6, 6.07) is 0. The Balaban J connectivity index is 4.25. The zero-order chi connectivity index (χ0) is 12.8. The predicted octanol–water partition coefficient (Wildman–Crippen LogP) is 3.35. The van der Waals surface area contributed by atoms with Gasteiger partial charge in [-0.05, 0) is 18.0 Å². The summed E-state index contributed by atoms with van der Waals surface area (Å²) in [6.45, 7) is 2.10. The lowest BCUT2D eigenvalue weighted by Gasteiger charge is -2.17. The minimum Gasteiger partial charge on any atom is -0.501 e. The van der Waals surface area contributed by atoms with E-state index in [9.17, 15) is 22.4 Å². The fourth-order valence-electron chi connectivity index (χ4n) is 0.650. The molecule has 0 N–H and O–H groups in total. The second kappa shape index (κ2) is 6.08. The molecule has 0 amide bonds. The molecule has 2 nitrogen and oxygen atoms in total. The maximum atomic E-state index is 12.6. The Kier molecular flexibility index (Phi) is 5.78. The second-order valence-electron chi connectivity index (χ2n) is 2.96. The van der Waals surface area contributed by atoms with Crippen LogP contribution >= 0.6 is 11.6 Å². The van der Waals surface area contributed by atoms with Crippen molar-refractivity contribution >= 4 is 17.4 Å². The molecule has 0 atom stereocenters. The van der Waals surface area contributed by atoms with Crippen molar-refractivity contribution < 1.29 is 27.1 Å². The lowest BCUT2D eigenvalue weighted by Crippen LogP contribution is -2.42. The number of allylic oxidation sites excluding steroid dienone is 1. The van der Waals surface area contributed by atoms with Crippen molar-refractivity contribution in [1.82, 2.24) is 0 Å². The SMILES string of the molecule is CCCCOC=CC(=O)C(F)(F)C(F)(F)Cl. The van der Waals surface area contributed by atoms with Crippen LogP contribution in [0.4, 0.5) is 17.6 Å². The van der Waals surface area contributed by atoms with Crippen LogP contribution in [0.5, 0.6) is 0 Å². The van der Waals surface area contributed by atoms with Gasteiger partial charge in [-0.3, -0.25) is 4.79 Å². The van der Waals surface area contributed by atoms with Gasteiger partial charge in [-0.15, -0.1) is 0 Å². The highest BCUT2D eigenvalue weighted by molar-refractivity contribution is 6.24. The number of carbonyl (C=O) groups excluding carboxylic acids is 1. The predicted molar refractivity (Wildman–Crippen MR) is 50.8 cm³/mol. The van der Waals surface area contributed by atoms with Gasteiger partial charge in [-0.2, -0.15) is 17.6 Å². The van der Waals surface area contributed by atoms with E-state index in [0.717, 1.165) is 6.42 Å². The molecule has 0 unspecified atom stereocenters. The molecule has 0 aliphatic heterocycles. The van der Waals surface area contributed by atoms with Gasteiger partial charge in [0, 0.05) is 6.08 Å². The van der Waals surface area contributed by atoms with Crippen LogP contribution in [0.3, 0.4) is 0 Å². The van der Waals surface area contributed by atoms with Crippen molar-refractivity contribution in [3.8, 4) is 0 Å². The van der Waals surface area contributed by atoms with Crippen molar-refractivity contribution in [2.45, 2.75) is 31.1 Å². The van der Waals surface area contributed by atoms with Gasteiger partial charge in [-0.25, -0.2) is 0 Å². The summed E-state index contributed by atoms with van der Waals surface area (Å²) < 4.78 is 54.0. The standard InChI is InChI=1S/C9H11ClF4O2/c1-2-3-5-16-6-4-7(15)8(11,12)9(10,13)14/h4,6H,2-3,5H2,1H3. The first-order valence-corrected chi connectivity index (χ1v) is 4.88. The first kappa shape index (κ1) is 15.2. The number of rotatable bonds is 7. The Labute approximate surface area is 95.2 Å². The van der Waals surface area contributed by atoms with Gasteiger partial charge in [0.1, 0.15) is 0 Å². The lowest BCUT2D eigenvalue weighted by atomic mass is 10.2. The molecule has 0 saturated heterocycles. The number of ether oxygens (including phenoxy) is 1. The van der Waals surface area contributed by atoms with E-state index >= 15 is 0 Å². The third kappa shape index (κ3) is 4.38. The normalized spacial score (nSPS) is 13.1. The number of ketones is 1. The highest BCUT2D eigenvalue weighted by atomic mass is 35.5. The van der Waals surface area contributed by atoms with Crippen LogP contribution in [0.25, 0.3) is 0 Å². The molecule has 0 heterocycles. The van der Waals surface area contributed by atoms with Crippen LogP contribution in [-0.2, 0) is 9.53 Å².